The molecule has 0 aliphatic carbocycles. The van der Waals surface area contributed by atoms with Gasteiger partial charge in [0.15, 0.2) is 17.5 Å². The average molecular weight is 469 g/mol. The van der Waals surface area contributed by atoms with E-state index in [1.54, 1.807) is 0 Å². The molecule has 0 saturated carbocycles. The molecule has 172 valence electrons. The number of fused-ring (bicyclic) bond motifs is 1. The summed E-state index contributed by atoms with van der Waals surface area (Å²) in [5.41, 5.74) is 4.59. The van der Waals surface area contributed by atoms with Crippen LogP contribution in [0.3, 0.4) is 0 Å². The zero-order valence-corrected chi connectivity index (χ0v) is 19.2. The van der Waals surface area contributed by atoms with Crippen molar-refractivity contribution in [1.82, 2.24) is 15.0 Å². The molecule has 0 spiro atoms. The third kappa shape index (κ3) is 3.95. The smallest absolute Gasteiger partial charge is 0.288 e. The SMILES string of the molecule is O=C1Cc2ccccc2N(c2cccc(-c3nc(-c4ccccc4)nc(-c4ccccc4)n3)c2)C1=O. The van der Waals surface area contributed by atoms with E-state index in [1.807, 2.05) is 109 Å². The largest absolute Gasteiger partial charge is 0.299 e. The predicted molar refractivity (Wildman–Crippen MR) is 138 cm³/mol. The number of hydrogen-bond acceptors (Lipinski definition) is 5. The van der Waals surface area contributed by atoms with E-state index in [4.69, 9.17) is 15.0 Å². The number of benzene rings is 4. The highest BCUT2D eigenvalue weighted by molar-refractivity contribution is 6.45. The number of para-hydroxylation sites is 1. The number of carbonyl (C=O) groups excluding carboxylic acids is 2. The van der Waals surface area contributed by atoms with Gasteiger partial charge in [-0.3, -0.25) is 14.5 Å². The van der Waals surface area contributed by atoms with Crippen LogP contribution in [0.1, 0.15) is 5.56 Å². The van der Waals surface area contributed by atoms with E-state index in [-0.39, 0.29) is 6.42 Å². The van der Waals surface area contributed by atoms with Gasteiger partial charge in [-0.25, -0.2) is 15.0 Å². The molecule has 0 unspecified atom stereocenters. The van der Waals surface area contributed by atoms with E-state index in [0.29, 0.717) is 34.4 Å². The van der Waals surface area contributed by atoms with Crippen molar-refractivity contribution in [3.05, 3.63) is 115 Å². The minimum atomic E-state index is -0.545. The molecular formula is C30H20N4O2. The molecule has 0 radical (unpaired) electrons. The van der Waals surface area contributed by atoms with Crippen molar-refractivity contribution in [2.45, 2.75) is 6.42 Å². The minimum absolute atomic E-state index is 0.111. The number of aromatic nitrogens is 3. The number of amides is 1. The molecule has 0 fully saturated rings. The molecule has 4 aromatic carbocycles. The van der Waals surface area contributed by atoms with Gasteiger partial charge in [0, 0.05) is 23.1 Å². The van der Waals surface area contributed by atoms with Crippen LogP contribution >= 0.6 is 0 Å². The Morgan fingerprint density at radius 3 is 1.72 bits per heavy atom. The van der Waals surface area contributed by atoms with Crippen LogP contribution in [-0.2, 0) is 16.0 Å². The summed E-state index contributed by atoms with van der Waals surface area (Å²) in [6.07, 6.45) is 0.111. The summed E-state index contributed by atoms with van der Waals surface area (Å²) < 4.78 is 0. The first-order valence-electron chi connectivity index (χ1n) is 11.6. The summed E-state index contributed by atoms with van der Waals surface area (Å²) in [6, 6.07) is 34.4. The number of nitrogens with zero attached hydrogens (tertiary/aromatic N) is 4. The van der Waals surface area contributed by atoms with Gasteiger partial charge >= 0.3 is 0 Å². The van der Waals surface area contributed by atoms with Gasteiger partial charge in [0.05, 0.1) is 11.4 Å². The molecule has 0 atom stereocenters. The first kappa shape index (κ1) is 21.6. The molecule has 0 saturated heterocycles. The highest BCUT2D eigenvalue weighted by atomic mass is 16.2. The third-order valence-corrected chi connectivity index (χ3v) is 6.09. The number of rotatable bonds is 4. The van der Waals surface area contributed by atoms with E-state index in [1.165, 1.54) is 4.90 Å². The van der Waals surface area contributed by atoms with Crippen molar-refractivity contribution in [2.75, 3.05) is 4.90 Å². The summed E-state index contributed by atoms with van der Waals surface area (Å²) in [5, 5.41) is 0. The third-order valence-electron chi connectivity index (χ3n) is 6.09. The van der Waals surface area contributed by atoms with Crippen molar-refractivity contribution < 1.29 is 9.59 Å². The maximum absolute atomic E-state index is 12.9. The lowest BCUT2D eigenvalue weighted by Crippen LogP contribution is -2.38. The Morgan fingerprint density at radius 1 is 0.556 bits per heavy atom. The molecule has 6 rings (SSSR count). The fourth-order valence-electron chi connectivity index (χ4n) is 4.34. The lowest BCUT2D eigenvalue weighted by atomic mass is 9.99. The van der Waals surface area contributed by atoms with Crippen molar-refractivity contribution in [2.24, 2.45) is 0 Å². The second-order valence-corrected chi connectivity index (χ2v) is 8.46. The monoisotopic (exact) mass is 468 g/mol. The van der Waals surface area contributed by atoms with Gasteiger partial charge in [0.25, 0.3) is 5.91 Å². The molecule has 0 bridgehead atoms. The highest BCUT2D eigenvalue weighted by Crippen LogP contribution is 2.35. The standard InChI is InChI=1S/C30H20N4O2/c35-26-19-22-14-7-8-17-25(22)34(30(26)36)24-16-9-15-23(18-24)29-32-27(20-10-3-1-4-11-20)31-28(33-29)21-12-5-2-6-13-21/h1-18H,19H2. The van der Waals surface area contributed by atoms with Crippen LogP contribution in [-0.4, -0.2) is 26.6 Å². The second kappa shape index (κ2) is 9.00. The normalized spacial score (nSPS) is 12.9. The van der Waals surface area contributed by atoms with Crippen LogP contribution in [0.5, 0.6) is 0 Å². The zero-order valence-electron chi connectivity index (χ0n) is 19.2. The average Bonchev–Trinajstić information content (AvgIpc) is 2.94. The van der Waals surface area contributed by atoms with Gasteiger partial charge in [-0.15, -0.1) is 0 Å². The Bertz CT molecular complexity index is 1540. The Morgan fingerprint density at radius 2 is 1.08 bits per heavy atom. The number of Topliss-reactive ketones (excluding diaryl/α,β-unsaturated/α-hetero) is 1. The van der Waals surface area contributed by atoms with Crippen molar-refractivity contribution in [3.8, 4) is 34.2 Å². The molecule has 6 heteroatoms. The molecule has 1 aliphatic rings. The summed E-state index contributed by atoms with van der Waals surface area (Å²) in [4.78, 5) is 41.2. The molecule has 1 aliphatic heterocycles. The fourth-order valence-corrected chi connectivity index (χ4v) is 4.34. The van der Waals surface area contributed by atoms with Crippen LogP contribution in [0.15, 0.2) is 109 Å². The zero-order chi connectivity index (χ0) is 24.5. The Kier molecular flexibility index (Phi) is 5.39. The van der Waals surface area contributed by atoms with E-state index >= 15 is 0 Å². The second-order valence-electron chi connectivity index (χ2n) is 8.46. The molecule has 5 aromatic rings. The van der Waals surface area contributed by atoms with Crippen LogP contribution in [0.2, 0.25) is 0 Å². The van der Waals surface area contributed by atoms with E-state index in [2.05, 4.69) is 0 Å². The van der Waals surface area contributed by atoms with Gasteiger partial charge in [-0.1, -0.05) is 91.0 Å². The van der Waals surface area contributed by atoms with E-state index in [0.717, 1.165) is 16.7 Å². The van der Waals surface area contributed by atoms with Gasteiger partial charge in [0.1, 0.15) is 0 Å². The van der Waals surface area contributed by atoms with Crippen molar-refractivity contribution >= 4 is 23.1 Å². The lowest BCUT2D eigenvalue weighted by molar-refractivity contribution is -0.135. The van der Waals surface area contributed by atoms with Crippen LogP contribution in [0.25, 0.3) is 34.2 Å². The van der Waals surface area contributed by atoms with Crippen LogP contribution in [0, 0.1) is 0 Å². The van der Waals surface area contributed by atoms with Crippen LogP contribution < -0.4 is 4.90 Å². The molecular weight excluding hydrogens is 448 g/mol. The van der Waals surface area contributed by atoms with Gasteiger partial charge in [-0.05, 0) is 23.8 Å². The maximum Gasteiger partial charge on any atom is 0.299 e. The Hall–Kier alpha value is -4.97. The van der Waals surface area contributed by atoms with Crippen molar-refractivity contribution in [3.63, 3.8) is 0 Å². The van der Waals surface area contributed by atoms with Gasteiger partial charge in [-0.2, -0.15) is 0 Å². The minimum Gasteiger partial charge on any atom is -0.288 e. The lowest BCUT2D eigenvalue weighted by Gasteiger charge is -2.28. The Balaban J connectivity index is 1.50. The number of ketones is 1. The summed E-state index contributed by atoms with van der Waals surface area (Å²) >= 11 is 0. The Labute approximate surface area is 207 Å². The molecule has 0 N–H and O–H groups in total. The summed E-state index contributed by atoms with van der Waals surface area (Å²) in [7, 11) is 0. The quantitative estimate of drug-likeness (QED) is 0.318. The molecule has 36 heavy (non-hydrogen) atoms. The van der Waals surface area contributed by atoms with Crippen molar-refractivity contribution in [1.29, 1.82) is 0 Å². The molecule has 6 nitrogen and oxygen atoms in total. The van der Waals surface area contributed by atoms with Gasteiger partial charge in [0.2, 0.25) is 5.78 Å². The number of hydrogen-bond donors (Lipinski definition) is 0. The van der Waals surface area contributed by atoms with E-state index in [9.17, 15) is 9.59 Å². The number of carbonyl (C=O) groups is 2. The highest BCUT2D eigenvalue weighted by Gasteiger charge is 2.32. The maximum atomic E-state index is 12.9. The topological polar surface area (TPSA) is 76.1 Å². The molecule has 1 aromatic heterocycles. The first-order valence-corrected chi connectivity index (χ1v) is 11.6. The predicted octanol–water partition coefficient (Wildman–Crippen LogP) is 5.66. The first-order chi connectivity index (χ1) is 17.7. The van der Waals surface area contributed by atoms with Crippen LogP contribution in [0.4, 0.5) is 11.4 Å². The number of anilines is 2. The molecule has 1 amide bonds. The van der Waals surface area contributed by atoms with Gasteiger partial charge < -0.3 is 0 Å². The summed E-state index contributed by atoms with van der Waals surface area (Å²) in [5.74, 6) is 0.612. The fraction of sp³-hybridized carbons (Fsp3) is 0.0333. The van der Waals surface area contributed by atoms with E-state index < -0.39 is 11.7 Å². The summed E-state index contributed by atoms with van der Waals surface area (Å²) in [6.45, 7) is 0. The molecule has 2 heterocycles.